The fraction of sp³-hybridized carbons (Fsp3) is 0.619. The van der Waals surface area contributed by atoms with Crippen LogP contribution in [0.15, 0.2) is 24.3 Å². The number of aryl methyl sites for hydroxylation is 1. The Kier molecular flexibility index (Phi) is 5.64. The van der Waals surface area contributed by atoms with E-state index >= 15 is 0 Å². The lowest BCUT2D eigenvalue weighted by atomic mass is 9.77. The van der Waals surface area contributed by atoms with Gasteiger partial charge in [0.25, 0.3) is 0 Å². The molecule has 1 atom stereocenters. The molecule has 28 heavy (non-hydrogen) atoms. The number of aromatic nitrogens is 1. The first-order valence-corrected chi connectivity index (χ1v) is 10.1. The number of carbonyl (C=O) groups excluding carboxylic acids is 1. The number of nitrogens with one attached hydrogen (secondary N) is 1. The molecule has 4 rings (SSSR count). The molecule has 1 N–H and O–H groups in total. The third-order valence-corrected chi connectivity index (χ3v) is 6.15. The Morgan fingerprint density at radius 1 is 1.39 bits per heavy atom. The number of hydrogen-bond donors (Lipinski definition) is 1. The second-order valence-electron chi connectivity index (χ2n) is 8.25. The van der Waals surface area contributed by atoms with Crippen molar-refractivity contribution >= 4 is 11.8 Å². The molecule has 152 valence electrons. The van der Waals surface area contributed by atoms with Crippen molar-refractivity contribution in [3.8, 4) is 0 Å². The van der Waals surface area contributed by atoms with Gasteiger partial charge in [0.2, 0.25) is 0 Å². The van der Waals surface area contributed by atoms with Gasteiger partial charge in [-0.3, -0.25) is 4.90 Å². The molecule has 4 heterocycles. The Morgan fingerprint density at radius 2 is 2.21 bits per heavy atom. The predicted octanol–water partition coefficient (Wildman–Crippen LogP) is 1.67. The lowest BCUT2D eigenvalue weighted by Gasteiger charge is -2.49. The summed E-state index contributed by atoms with van der Waals surface area (Å²) >= 11 is 0. The van der Waals surface area contributed by atoms with Crippen LogP contribution < -0.4 is 5.32 Å². The smallest absolute Gasteiger partial charge is 0.330 e. The molecule has 0 aromatic carbocycles. The number of ether oxygens (including phenoxy) is 1. The highest BCUT2D eigenvalue weighted by molar-refractivity contribution is 5.81. The molecule has 7 heteroatoms. The number of pyridine rings is 1. The number of halogens is 1. The number of alkyl halides is 1. The van der Waals surface area contributed by atoms with Crippen molar-refractivity contribution < 1.29 is 13.9 Å². The van der Waals surface area contributed by atoms with Crippen LogP contribution in [0.5, 0.6) is 0 Å². The summed E-state index contributed by atoms with van der Waals surface area (Å²) in [6, 6.07) is 4.32. The van der Waals surface area contributed by atoms with Crippen LogP contribution in [0.2, 0.25) is 0 Å². The van der Waals surface area contributed by atoms with Gasteiger partial charge in [0.05, 0.1) is 7.11 Å². The van der Waals surface area contributed by atoms with Gasteiger partial charge in [0, 0.05) is 69.4 Å². The lowest BCUT2D eigenvalue weighted by Crippen LogP contribution is -2.61. The van der Waals surface area contributed by atoms with Gasteiger partial charge in [-0.2, -0.15) is 0 Å². The average molecular weight is 388 g/mol. The van der Waals surface area contributed by atoms with Gasteiger partial charge in [-0.25, -0.2) is 14.2 Å². The Balaban J connectivity index is 1.24. The molecule has 1 aromatic rings. The summed E-state index contributed by atoms with van der Waals surface area (Å²) in [4.78, 5) is 20.3. The summed E-state index contributed by atoms with van der Waals surface area (Å²) in [5, 5.41) is 3.38. The molecule has 0 aliphatic carbocycles. The molecule has 0 amide bonds. The minimum Gasteiger partial charge on any atom is -0.466 e. The fourth-order valence-electron chi connectivity index (χ4n) is 4.62. The summed E-state index contributed by atoms with van der Waals surface area (Å²) in [5.74, 6) is 0.672. The molecule has 0 saturated carbocycles. The Morgan fingerprint density at radius 3 is 3.04 bits per heavy atom. The van der Waals surface area contributed by atoms with Gasteiger partial charge < -0.3 is 15.0 Å². The number of nitrogens with zero attached hydrogens (tertiary/aromatic N) is 3. The van der Waals surface area contributed by atoms with Crippen molar-refractivity contribution in [1.82, 2.24) is 14.8 Å². The largest absolute Gasteiger partial charge is 0.466 e. The number of carbonyl (C=O) groups is 1. The van der Waals surface area contributed by atoms with Gasteiger partial charge in [0.1, 0.15) is 12.0 Å². The zero-order valence-corrected chi connectivity index (χ0v) is 16.5. The minimum atomic E-state index is -0.804. The molecule has 2 saturated heterocycles. The maximum atomic E-state index is 14.6. The molecule has 0 bridgehead atoms. The molecule has 0 radical (unpaired) electrons. The normalized spacial score (nSPS) is 24.1. The number of hydrogen-bond acceptors (Lipinski definition) is 6. The summed E-state index contributed by atoms with van der Waals surface area (Å²) < 4.78 is 19.2. The first-order valence-electron chi connectivity index (χ1n) is 10.1. The van der Waals surface area contributed by atoms with E-state index in [4.69, 9.17) is 4.98 Å². The molecule has 3 aliphatic rings. The quantitative estimate of drug-likeness (QED) is 0.591. The molecule has 1 unspecified atom stereocenters. The van der Waals surface area contributed by atoms with Crippen molar-refractivity contribution in [2.24, 2.45) is 5.41 Å². The number of anilines is 1. The summed E-state index contributed by atoms with van der Waals surface area (Å²) in [7, 11) is 1.36. The van der Waals surface area contributed by atoms with E-state index in [9.17, 15) is 9.18 Å². The van der Waals surface area contributed by atoms with Crippen molar-refractivity contribution in [2.45, 2.75) is 25.4 Å². The van der Waals surface area contributed by atoms with Gasteiger partial charge >= 0.3 is 5.97 Å². The highest BCUT2D eigenvalue weighted by Crippen LogP contribution is 2.41. The zero-order chi connectivity index (χ0) is 19.6. The van der Waals surface area contributed by atoms with Gasteiger partial charge in [-0.1, -0.05) is 12.1 Å². The van der Waals surface area contributed by atoms with Gasteiger partial charge in [-0.15, -0.1) is 0 Å². The maximum Gasteiger partial charge on any atom is 0.330 e. The van der Waals surface area contributed by atoms with Crippen LogP contribution in [0.4, 0.5) is 10.2 Å². The van der Waals surface area contributed by atoms with Crippen LogP contribution >= 0.6 is 0 Å². The standard InChI is InChI=1S/C21H29FN4O2/c1-28-19(27)5-3-10-25-12-18(22)21(13-25)14-26(15-21)11-8-17-7-6-16-4-2-9-23-20(16)24-17/h3,5-7,18H,2,4,8-15H2,1H3,(H,23,24)/b5-3+. The second-order valence-corrected chi connectivity index (χ2v) is 8.25. The molecular weight excluding hydrogens is 359 g/mol. The van der Waals surface area contributed by atoms with Crippen molar-refractivity contribution in [3.05, 3.63) is 35.5 Å². The van der Waals surface area contributed by atoms with Crippen LogP contribution in [0, 0.1) is 5.41 Å². The van der Waals surface area contributed by atoms with Crippen LogP contribution in [-0.4, -0.2) is 79.8 Å². The molecule has 6 nitrogen and oxygen atoms in total. The van der Waals surface area contributed by atoms with Crippen molar-refractivity contribution in [3.63, 3.8) is 0 Å². The summed E-state index contributed by atoms with van der Waals surface area (Å²) in [5.41, 5.74) is 2.17. The average Bonchev–Trinajstić information content (AvgIpc) is 3.01. The number of rotatable bonds is 6. The van der Waals surface area contributed by atoms with E-state index in [1.54, 1.807) is 6.08 Å². The first-order chi connectivity index (χ1) is 13.6. The Hall–Kier alpha value is -1.99. The van der Waals surface area contributed by atoms with E-state index in [2.05, 4.69) is 32.0 Å². The summed E-state index contributed by atoms with van der Waals surface area (Å²) in [6.45, 7) is 5.30. The van der Waals surface area contributed by atoms with E-state index in [0.29, 0.717) is 13.1 Å². The fourth-order valence-corrected chi connectivity index (χ4v) is 4.62. The minimum absolute atomic E-state index is 0.246. The van der Waals surface area contributed by atoms with Crippen LogP contribution in [-0.2, 0) is 22.4 Å². The zero-order valence-electron chi connectivity index (χ0n) is 16.5. The first kappa shape index (κ1) is 19.3. The third-order valence-electron chi connectivity index (χ3n) is 6.15. The van der Waals surface area contributed by atoms with Gasteiger partial charge in [0.15, 0.2) is 0 Å². The SMILES string of the molecule is COC(=O)/C=C/CN1CC(F)C2(C1)CN(CCc1ccc3c(n1)NCCC3)C2. The van der Waals surface area contributed by atoms with Crippen LogP contribution in [0.1, 0.15) is 17.7 Å². The second kappa shape index (κ2) is 8.17. The highest BCUT2D eigenvalue weighted by atomic mass is 19.1. The predicted molar refractivity (Wildman–Crippen MR) is 106 cm³/mol. The monoisotopic (exact) mass is 388 g/mol. The molecule has 2 fully saturated rings. The number of esters is 1. The summed E-state index contributed by atoms with van der Waals surface area (Å²) in [6.07, 6.45) is 5.53. The van der Waals surface area contributed by atoms with Gasteiger partial charge in [-0.05, 0) is 24.5 Å². The topological polar surface area (TPSA) is 57.7 Å². The Bertz CT molecular complexity index is 748. The van der Waals surface area contributed by atoms with E-state index in [-0.39, 0.29) is 11.4 Å². The van der Waals surface area contributed by atoms with Crippen molar-refractivity contribution in [2.75, 3.05) is 58.2 Å². The third kappa shape index (κ3) is 4.05. The van der Waals surface area contributed by atoms with Crippen LogP contribution in [0.25, 0.3) is 0 Å². The maximum absolute atomic E-state index is 14.6. The molecule has 1 aromatic heterocycles. The molecular formula is C21H29FN4O2. The number of likely N-dealkylation sites (tertiary alicyclic amines) is 2. The molecule has 1 spiro atoms. The Labute approximate surface area is 165 Å². The van der Waals surface area contributed by atoms with E-state index in [1.165, 1.54) is 25.2 Å². The van der Waals surface area contributed by atoms with Crippen molar-refractivity contribution in [1.29, 1.82) is 0 Å². The number of fused-ring (bicyclic) bond motifs is 1. The van der Waals surface area contributed by atoms with E-state index in [1.807, 2.05) is 0 Å². The van der Waals surface area contributed by atoms with E-state index in [0.717, 1.165) is 57.1 Å². The van der Waals surface area contributed by atoms with Crippen LogP contribution in [0.3, 0.4) is 0 Å². The highest BCUT2D eigenvalue weighted by Gasteiger charge is 2.54. The van der Waals surface area contributed by atoms with E-state index < -0.39 is 6.17 Å². The number of methoxy groups -OCH3 is 1. The molecule has 3 aliphatic heterocycles. The lowest BCUT2D eigenvalue weighted by molar-refractivity contribution is -0.134.